The Labute approximate surface area is 161 Å². The quantitative estimate of drug-likeness (QED) is 0.606. The van der Waals surface area contributed by atoms with Crippen molar-refractivity contribution in [1.29, 1.82) is 0 Å². The molecule has 1 aromatic carbocycles. The van der Waals surface area contributed by atoms with E-state index in [0.29, 0.717) is 23.9 Å². The largest absolute Gasteiger partial charge is 0.489 e. The Morgan fingerprint density at radius 3 is 2.89 bits per heavy atom. The molecule has 0 aliphatic rings. The van der Waals surface area contributed by atoms with Gasteiger partial charge in [-0.2, -0.15) is 0 Å². The Morgan fingerprint density at radius 1 is 1.25 bits per heavy atom. The number of carbonyl (C=O) groups is 1. The van der Waals surface area contributed by atoms with Crippen LogP contribution in [0.1, 0.15) is 10.4 Å². The standard InChI is InChI=1S/C20H18FN5O2/c1-3-10-26-13-22-25-19(26)16-6-5-7-18(23-16)24-20(27)15-9-8-14(21)12-17(15)28-11-4-2/h3-9,12-13H,1-2,10-11H2,(H,23,24,27). The second-order valence-corrected chi connectivity index (χ2v) is 5.70. The van der Waals surface area contributed by atoms with Gasteiger partial charge in [0.25, 0.3) is 5.91 Å². The van der Waals surface area contributed by atoms with Gasteiger partial charge < -0.3 is 14.6 Å². The molecule has 0 spiro atoms. The predicted molar refractivity (Wildman–Crippen MR) is 103 cm³/mol. The molecule has 0 saturated heterocycles. The first-order valence-corrected chi connectivity index (χ1v) is 8.43. The van der Waals surface area contributed by atoms with Crippen molar-refractivity contribution in [2.45, 2.75) is 6.54 Å². The van der Waals surface area contributed by atoms with Crippen LogP contribution in [0, 0.1) is 5.82 Å². The third-order valence-corrected chi connectivity index (χ3v) is 3.71. The summed E-state index contributed by atoms with van der Waals surface area (Å²) in [6.45, 7) is 7.92. The summed E-state index contributed by atoms with van der Waals surface area (Å²) in [4.78, 5) is 17.1. The molecule has 0 unspecified atom stereocenters. The summed E-state index contributed by atoms with van der Waals surface area (Å²) in [7, 11) is 0. The molecule has 1 amide bonds. The molecule has 2 aromatic heterocycles. The molecule has 0 atom stereocenters. The van der Waals surface area contributed by atoms with Gasteiger partial charge in [0.2, 0.25) is 0 Å². The van der Waals surface area contributed by atoms with Crippen molar-refractivity contribution in [3.8, 4) is 17.3 Å². The predicted octanol–water partition coefficient (Wildman–Crippen LogP) is 3.48. The van der Waals surface area contributed by atoms with Crippen LogP contribution in [0.5, 0.6) is 5.75 Å². The van der Waals surface area contributed by atoms with E-state index in [1.807, 2.05) is 0 Å². The molecule has 0 saturated carbocycles. The summed E-state index contributed by atoms with van der Waals surface area (Å²) >= 11 is 0. The Hall–Kier alpha value is -3.81. The van der Waals surface area contributed by atoms with Crippen LogP contribution in [-0.2, 0) is 6.54 Å². The number of aromatic nitrogens is 4. The van der Waals surface area contributed by atoms with Crippen molar-refractivity contribution in [3.63, 3.8) is 0 Å². The molecule has 142 valence electrons. The molecule has 3 aromatic rings. The number of anilines is 1. The van der Waals surface area contributed by atoms with E-state index < -0.39 is 11.7 Å². The van der Waals surface area contributed by atoms with Crippen molar-refractivity contribution in [2.75, 3.05) is 11.9 Å². The number of ether oxygens (including phenoxy) is 1. The van der Waals surface area contributed by atoms with E-state index in [9.17, 15) is 9.18 Å². The summed E-state index contributed by atoms with van der Waals surface area (Å²) in [5.74, 6) is 0.00951. The van der Waals surface area contributed by atoms with Crippen LogP contribution < -0.4 is 10.1 Å². The Morgan fingerprint density at radius 2 is 2.11 bits per heavy atom. The highest BCUT2D eigenvalue weighted by Gasteiger charge is 2.15. The third kappa shape index (κ3) is 4.29. The fourth-order valence-corrected chi connectivity index (χ4v) is 2.49. The number of allylic oxidation sites excluding steroid dienone is 1. The number of amides is 1. The minimum atomic E-state index is -0.503. The molecule has 0 fully saturated rings. The first-order chi connectivity index (χ1) is 13.6. The van der Waals surface area contributed by atoms with Gasteiger partial charge in [0.15, 0.2) is 5.82 Å². The van der Waals surface area contributed by atoms with Crippen LogP contribution in [-0.4, -0.2) is 32.3 Å². The fraction of sp³-hybridized carbons (Fsp3) is 0.100. The zero-order valence-corrected chi connectivity index (χ0v) is 15.0. The Balaban J connectivity index is 1.85. The average molecular weight is 379 g/mol. The molecule has 7 nitrogen and oxygen atoms in total. The number of nitrogens with zero attached hydrogens (tertiary/aromatic N) is 4. The topological polar surface area (TPSA) is 81.9 Å². The summed E-state index contributed by atoms with van der Waals surface area (Å²) < 4.78 is 20.7. The van der Waals surface area contributed by atoms with Crippen LogP contribution in [0.15, 0.2) is 68.0 Å². The van der Waals surface area contributed by atoms with Crippen LogP contribution in [0.25, 0.3) is 11.5 Å². The van der Waals surface area contributed by atoms with Gasteiger partial charge in [-0.25, -0.2) is 9.37 Å². The minimum absolute atomic E-state index is 0.124. The van der Waals surface area contributed by atoms with Gasteiger partial charge in [-0.15, -0.1) is 16.8 Å². The summed E-state index contributed by atoms with van der Waals surface area (Å²) in [6.07, 6.45) is 4.81. The molecule has 0 aliphatic heterocycles. The maximum Gasteiger partial charge on any atom is 0.260 e. The lowest BCUT2D eigenvalue weighted by atomic mass is 10.2. The summed E-state index contributed by atoms with van der Waals surface area (Å²) in [5, 5.41) is 10.6. The summed E-state index contributed by atoms with van der Waals surface area (Å²) in [6, 6.07) is 8.84. The normalized spacial score (nSPS) is 10.3. The molecule has 1 N–H and O–H groups in total. The van der Waals surface area contributed by atoms with E-state index in [-0.39, 0.29) is 17.9 Å². The minimum Gasteiger partial charge on any atom is -0.489 e. The zero-order valence-electron chi connectivity index (χ0n) is 15.0. The lowest BCUT2D eigenvalue weighted by Gasteiger charge is -2.11. The van der Waals surface area contributed by atoms with Crippen molar-refractivity contribution in [2.24, 2.45) is 0 Å². The van der Waals surface area contributed by atoms with E-state index in [4.69, 9.17) is 4.74 Å². The SMILES string of the molecule is C=CCOc1cc(F)ccc1C(=O)Nc1cccc(-c2nncn2CC=C)n1. The van der Waals surface area contributed by atoms with E-state index >= 15 is 0 Å². The van der Waals surface area contributed by atoms with Crippen LogP contribution in [0.2, 0.25) is 0 Å². The highest BCUT2D eigenvalue weighted by molar-refractivity contribution is 6.05. The van der Waals surface area contributed by atoms with E-state index in [2.05, 4.69) is 33.7 Å². The highest BCUT2D eigenvalue weighted by atomic mass is 19.1. The van der Waals surface area contributed by atoms with Gasteiger partial charge in [-0.1, -0.05) is 24.8 Å². The third-order valence-electron chi connectivity index (χ3n) is 3.71. The van der Waals surface area contributed by atoms with E-state index in [1.54, 1.807) is 35.2 Å². The number of rotatable bonds is 8. The second kappa shape index (κ2) is 8.72. The molecule has 0 radical (unpaired) electrons. The fourth-order valence-electron chi connectivity index (χ4n) is 2.49. The summed E-state index contributed by atoms with van der Waals surface area (Å²) in [5.41, 5.74) is 0.727. The molecule has 2 heterocycles. The van der Waals surface area contributed by atoms with Gasteiger partial charge in [0.05, 0.1) is 5.56 Å². The zero-order chi connectivity index (χ0) is 19.9. The van der Waals surface area contributed by atoms with E-state index in [1.165, 1.54) is 18.2 Å². The number of hydrogen-bond donors (Lipinski definition) is 1. The van der Waals surface area contributed by atoms with Crippen molar-refractivity contribution < 1.29 is 13.9 Å². The van der Waals surface area contributed by atoms with Crippen molar-refractivity contribution in [3.05, 3.63) is 79.4 Å². The van der Waals surface area contributed by atoms with Gasteiger partial charge in [-0.05, 0) is 24.3 Å². The molecule has 8 heteroatoms. The van der Waals surface area contributed by atoms with Crippen LogP contribution in [0.4, 0.5) is 10.2 Å². The molecule has 0 bridgehead atoms. The first-order valence-electron chi connectivity index (χ1n) is 8.43. The van der Waals surface area contributed by atoms with Crippen molar-refractivity contribution >= 4 is 11.7 Å². The van der Waals surface area contributed by atoms with Gasteiger partial charge in [0.1, 0.15) is 36.0 Å². The smallest absolute Gasteiger partial charge is 0.260 e. The molecule has 0 aliphatic carbocycles. The second-order valence-electron chi connectivity index (χ2n) is 5.70. The first kappa shape index (κ1) is 19.0. The Bertz CT molecular complexity index is 1020. The number of carbonyl (C=O) groups excluding carboxylic acids is 1. The van der Waals surface area contributed by atoms with E-state index in [0.717, 1.165) is 6.07 Å². The average Bonchev–Trinajstić information content (AvgIpc) is 3.15. The molecular formula is C20H18FN5O2. The number of pyridine rings is 1. The lowest BCUT2D eigenvalue weighted by molar-refractivity contribution is 0.102. The number of hydrogen-bond acceptors (Lipinski definition) is 5. The monoisotopic (exact) mass is 379 g/mol. The van der Waals surface area contributed by atoms with Gasteiger partial charge in [0, 0.05) is 12.6 Å². The number of nitrogens with one attached hydrogen (secondary N) is 1. The van der Waals surface area contributed by atoms with Crippen LogP contribution >= 0.6 is 0 Å². The van der Waals surface area contributed by atoms with Crippen LogP contribution in [0.3, 0.4) is 0 Å². The number of halogens is 1. The maximum atomic E-state index is 13.5. The highest BCUT2D eigenvalue weighted by Crippen LogP contribution is 2.22. The molecule has 28 heavy (non-hydrogen) atoms. The van der Waals surface area contributed by atoms with Gasteiger partial charge in [-0.3, -0.25) is 4.79 Å². The lowest BCUT2D eigenvalue weighted by Crippen LogP contribution is -2.15. The Kier molecular flexibility index (Phi) is 5.91. The number of benzene rings is 1. The molecule has 3 rings (SSSR count). The van der Waals surface area contributed by atoms with Crippen molar-refractivity contribution in [1.82, 2.24) is 19.7 Å². The molecular weight excluding hydrogens is 361 g/mol. The maximum absolute atomic E-state index is 13.5. The van der Waals surface area contributed by atoms with Gasteiger partial charge >= 0.3 is 0 Å².